The second kappa shape index (κ2) is 9.71. The lowest BCUT2D eigenvalue weighted by Crippen LogP contribution is -2.38. The van der Waals surface area contributed by atoms with Gasteiger partial charge in [0.15, 0.2) is 23.0 Å². The quantitative estimate of drug-likeness (QED) is 0.167. The highest BCUT2D eigenvalue weighted by Crippen LogP contribution is 2.46. The van der Waals surface area contributed by atoms with Crippen LogP contribution in [0, 0.1) is 10.1 Å². The number of carbonyl (C=O) groups excluding carboxylic acids is 2. The van der Waals surface area contributed by atoms with Crippen molar-refractivity contribution in [3.63, 3.8) is 0 Å². The number of amides is 2. The van der Waals surface area contributed by atoms with Crippen LogP contribution < -0.4 is 9.47 Å². The van der Waals surface area contributed by atoms with Crippen molar-refractivity contribution < 1.29 is 24.0 Å². The minimum absolute atomic E-state index is 0.0938. The van der Waals surface area contributed by atoms with Gasteiger partial charge in [0.25, 0.3) is 17.5 Å². The molecule has 0 aliphatic carbocycles. The molecule has 1 aliphatic rings. The summed E-state index contributed by atoms with van der Waals surface area (Å²) in [5.41, 5.74) is 1.59. The van der Waals surface area contributed by atoms with Crippen molar-refractivity contribution in [2.24, 2.45) is 0 Å². The number of non-ortho nitro benzene ring substituents is 1. The van der Waals surface area contributed by atoms with Gasteiger partial charge >= 0.3 is 0 Å². The fraction of sp³-hybridized carbons (Fsp3) is 0.0714. The zero-order valence-corrected chi connectivity index (χ0v) is 19.0. The molecule has 0 aromatic heterocycles. The molecule has 0 atom stereocenters. The van der Waals surface area contributed by atoms with E-state index < -0.39 is 4.92 Å². The summed E-state index contributed by atoms with van der Waals surface area (Å²) in [6.07, 6.45) is 0.390. The monoisotopic (exact) mass is 480 g/mol. The van der Waals surface area contributed by atoms with Crippen LogP contribution in [0.4, 0.5) is 5.69 Å². The van der Waals surface area contributed by atoms with Gasteiger partial charge < -0.3 is 9.47 Å². The number of rotatable bonds is 6. The van der Waals surface area contributed by atoms with Crippen molar-refractivity contribution >= 4 is 17.5 Å². The number of imide groups is 1. The molecule has 0 radical (unpaired) electrons. The Morgan fingerprint density at radius 3 is 1.78 bits per heavy atom. The molecular weight excluding hydrogens is 460 g/mol. The molecule has 178 valence electrons. The van der Waals surface area contributed by atoms with Crippen LogP contribution in [-0.4, -0.2) is 28.2 Å². The third kappa shape index (κ3) is 4.65. The predicted octanol–water partition coefficient (Wildman–Crippen LogP) is 6.02. The Kier molecular flexibility index (Phi) is 6.15. The minimum Gasteiger partial charge on any atom is -0.449 e. The van der Waals surface area contributed by atoms with Gasteiger partial charge in [-0.15, -0.1) is 0 Å². The van der Waals surface area contributed by atoms with Gasteiger partial charge in [-0.3, -0.25) is 24.6 Å². The summed E-state index contributed by atoms with van der Waals surface area (Å²) in [5, 5.41) is 11.0. The zero-order chi connectivity index (χ0) is 25.1. The molecule has 36 heavy (non-hydrogen) atoms. The van der Waals surface area contributed by atoms with E-state index >= 15 is 0 Å². The molecule has 5 rings (SSSR count). The Bertz CT molecular complexity index is 1400. The molecule has 4 aromatic carbocycles. The molecule has 0 spiro atoms. The highest BCUT2D eigenvalue weighted by molar-refractivity contribution is 6.10. The number of fused-ring (bicyclic) bond motifs is 2. The molecule has 0 unspecified atom stereocenters. The van der Waals surface area contributed by atoms with Gasteiger partial charge in [-0.2, -0.15) is 0 Å². The van der Waals surface area contributed by atoms with Gasteiger partial charge in [-0.25, -0.2) is 0 Å². The van der Waals surface area contributed by atoms with Crippen molar-refractivity contribution in [2.75, 3.05) is 6.54 Å². The van der Waals surface area contributed by atoms with Gasteiger partial charge in [-0.1, -0.05) is 42.5 Å². The van der Waals surface area contributed by atoms with Crippen LogP contribution in [0.15, 0.2) is 97.1 Å². The summed E-state index contributed by atoms with van der Waals surface area (Å²) in [5.74, 6) is 0.742. The van der Waals surface area contributed by atoms with Crippen LogP contribution in [-0.2, 0) is 6.42 Å². The number of benzene rings is 4. The molecular formula is C28H20N2O6. The van der Waals surface area contributed by atoms with Crippen LogP contribution >= 0.6 is 0 Å². The van der Waals surface area contributed by atoms with Crippen molar-refractivity contribution in [1.29, 1.82) is 0 Å². The minimum atomic E-state index is -0.499. The fourth-order valence-corrected chi connectivity index (χ4v) is 3.89. The zero-order valence-electron chi connectivity index (χ0n) is 19.0. The molecule has 0 saturated heterocycles. The summed E-state index contributed by atoms with van der Waals surface area (Å²) < 4.78 is 11.7. The second-order valence-electron chi connectivity index (χ2n) is 8.12. The third-order valence-corrected chi connectivity index (χ3v) is 5.74. The molecule has 1 aliphatic heterocycles. The van der Waals surface area contributed by atoms with Crippen molar-refractivity contribution in [1.82, 2.24) is 4.90 Å². The Balaban J connectivity index is 1.36. The van der Waals surface area contributed by atoms with Crippen molar-refractivity contribution in [3.8, 4) is 23.0 Å². The van der Waals surface area contributed by atoms with E-state index in [1.807, 2.05) is 18.2 Å². The first-order valence-corrected chi connectivity index (χ1v) is 11.2. The largest absolute Gasteiger partial charge is 0.449 e. The molecule has 8 nitrogen and oxygen atoms in total. The smallest absolute Gasteiger partial charge is 0.273 e. The van der Waals surface area contributed by atoms with E-state index in [0.29, 0.717) is 34.8 Å². The average Bonchev–Trinajstić information content (AvgIpc) is 2.92. The molecule has 2 amide bonds. The van der Waals surface area contributed by atoms with Crippen LogP contribution in [0.5, 0.6) is 23.0 Å². The number of nitro groups is 1. The van der Waals surface area contributed by atoms with Gasteiger partial charge in [0.2, 0.25) is 0 Å². The number of hydrogen-bond donors (Lipinski definition) is 0. The summed E-state index contributed by atoms with van der Waals surface area (Å²) in [4.78, 5) is 38.3. The molecule has 1 heterocycles. The molecule has 4 aromatic rings. The lowest BCUT2D eigenvalue weighted by molar-refractivity contribution is -0.384. The number of nitro benzene ring substituents is 1. The van der Waals surface area contributed by atoms with E-state index in [-0.39, 0.29) is 29.8 Å². The maximum absolute atomic E-state index is 13.2. The van der Waals surface area contributed by atoms with Crippen LogP contribution in [0.1, 0.15) is 26.3 Å². The van der Waals surface area contributed by atoms with Crippen LogP contribution in [0.25, 0.3) is 0 Å². The Morgan fingerprint density at radius 1 is 0.694 bits per heavy atom. The fourth-order valence-electron chi connectivity index (χ4n) is 3.89. The summed E-state index contributed by atoms with van der Waals surface area (Å²) in [7, 11) is 0. The predicted molar refractivity (Wildman–Crippen MR) is 132 cm³/mol. The number of nitrogens with zero attached hydrogens (tertiary/aromatic N) is 2. The second-order valence-corrected chi connectivity index (χ2v) is 8.12. The molecule has 0 fully saturated rings. The number of hydrogen-bond acceptors (Lipinski definition) is 6. The first-order chi connectivity index (χ1) is 17.5. The lowest BCUT2D eigenvalue weighted by Gasteiger charge is -2.23. The average molecular weight is 480 g/mol. The summed E-state index contributed by atoms with van der Waals surface area (Å²) in [6, 6.07) is 26.8. The number of ether oxygens (including phenoxy) is 2. The van der Waals surface area contributed by atoms with Crippen LogP contribution in [0.3, 0.4) is 0 Å². The topological polar surface area (TPSA) is 99.0 Å². The Labute approximate surface area is 206 Å². The normalized spacial score (nSPS) is 11.3. The van der Waals surface area contributed by atoms with Gasteiger partial charge in [0.1, 0.15) is 0 Å². The SMILES string of the molecule is O=C(c1ccccc1)N(CCc1ccc2c(c1)Oc1ccc([N+](=O)[O-])cc1O2)C(=O)c1ccccc1. The lowest BCUT2D eigenvalue weighted by atomic mass is 10.1. The summed E-state index contributed by atoms with van der Waals surface area (Å²) >= 11 is 0. The van der Waals surface area contributed by atoms with E-state index in [1.54, 1.807) is 60.7 Å². The maximum Gasteiger partial charge on any atom is 0.273 e. The van der Waals surface area contributed by atoms with E-state index in [1.165, 1.54) is 23.1 Å². The Hall–Kier alpha value is -4.98. The Morgan fingerprint density at radius 2 is 1.22 bits per heavy atom. The highest BCUT2D eigenvalue weighted by Gasteiger charge is 2.25. The van der Waals surface area contributed by atoms with Gasteiger partial charge in [-0.05, 0) is 54.4 Å². The molecule has 0 N–H and O–H groups in total. The third-order valence-electron chi connectivity index (χ3n) is 5.74. The van der Waals surface area contributed by atoms with E-state index in [2.05, 4.69) is 0 Å². The maximum atomic E-state index is 13.2. The first kappa shape index (κ1) is 22.8. The van der Waals surface area contributed by atoms with Gasteiger partial charge in [0.05, 0.1) is 11.0 Å². The molecule has 0 saturated carbocycles. The van der Waals surface area contributed by atoms with Crippen molar-refractivity contribution in [2.45, 2.75) is 6.42 Å². The van der Waals surface area contributed by atoms with E-state index in [0.717, 1.165) is 5.56 Å². The molecule has 8 heteroatoms. The van der Waals surface area contributed by atoms with Crippen molar-refractivity contribution in [3.05, 3.63) is 124 Å². The van der Waals surface area contributed by atoms with Gasteiger partial charge in [0, 0.05) is 23.7 Å². The van der Waals surface area contributed by atoms with E-state index in [9.17, 15) is 19.7 Å². The first-order valence-electron chi connectivity index (χ1n) is 11.2. The highest BCUT2D eigenvalue weighted by atomic mass is 16.6. The van der Waals surface area contributed by atoms with E-state index in [4.69, 9.17) is 9.47 Å². The standard InChI is InChI=1S/C28H20N2O6/c31-27(20-7-3-1-4-8-20)29(28(32)21-9-5-2-6-10-21)16-15-19-11-13-23-25(17-19)35-24-14-12-22(30(33)34)18-26(24)36-23/h1-14,17-18H,15-16H2. The summed E-state index contributed by atoms with van der Waals surface area (Å²) in [6.45, 7) is 0.157. The molecule has 0 bridgehead atoms. The van der Waals surface area contributed by atoms with Crippen LogP contribution in [0.2, 0.25) is 0 Å². The number of carbonyl (C=O) groups is 2.